The van der Waals surface area contributed by atoms with Gasteiger partial charge in [0.15, 0.2) is 5.78 Å². The molecule has 0 atom stereocenters. The SMILES string of the molecule is CC(=O)c1ccc(F)cc1OCc1ccsc1. The minimum atomic E-state index is -0.407. The van der Waals surface area contributed by atoms with E-state index in [1.54, 1.807) is 11.3 Å². The second-order valence-electron chi connectivity index (χ2n) is 3.62. The number of ketones is 1. The number of ether oxygens (including phenoxy) is 1. The third-order valence-corrected chi connectivity index (χ3v) is 3.03. The highest BCUT2D eigenvalue weighted by atomic mass is 32.1. The van der Waals surface area contributed by atoms with Gasteiger partial charge in [0.25, 0.3) is 0 Å². The fraction of sp³-hybridized carbons (Fsp3) is 0.154. The highest BCUT2D eigenvalue weighted by Gasteiger charge is 2.09. The second kappa shape index (κ2) is 5.10. The Balaban J connectivity index is 2.19. The van der Waals surface area contributed by atoms with Gasteiger partial charge in [-0.15, -0.1) is 0 Å². The fourth-order valence-corrected chi connectivity index (χ4v) is 2.10. The Hall–Kier alpha value is -1.68. The third-order valence-electron chi connectivity index (χ3n) is 2.30. The molecule has 0 N–H and O–H groups in total. The van der Waals surface area contributed by atoms with Crippen LogP contribution >= 0.6 is 11.3 Å². The molecule has 0 spiro atoms. The summed E-state index contributed by atoms with van der Waals surface area (Å²) in [7, 11) is 0. The zero-order valence-electron chi connectivity index (χ0n) is 9.27. The second-order valence-corrected chi connectivity index (χ2v) is 4.40. The Kier molecular flexibility index (Phi) is 3.54. The first-order valence-electron chi connectivity index (χ1n) is 5.11. The molecule has 0 aliphatic carbocycles. The molecule has 0 fully saturated rings. The van der Waals surface area contributed by atoms with Crippen LogP contribution in [0.3, 0.4) is 0 Å². The van der Waals surface area contributed by atoms with Gasteiger partial charge in [-0.1, -0.05) is 0 Å². The number of hydrogen-bond donors (Lipinski definition) is 0. The molecule has 2 nitrogen and oxygen atoms in total. The molecule has 1 aromatic carbocycles. The largest absolute Gasteiger partial charge is 0.488 e. The van der Waals surface area contributed by atoms with Crippen molar-refractivity contribution in [3.8, 4) is 5.75 Å². The van der Waals surface area contributed by atoms with Crippen molar-refractivity contribution in [3.63, 3.8) is 0 Å². The van der Waals surface area contributed by atoms with Crippen LogP contribution in [0.5, 0.6) is 5.75 Å². The molecule has 0 radical (unpaired) electrons. The molecular formula is C13H11FO2S. The van der Waals surface area contributed by atoms with Gasteiger partial charge in [-0.05, 0) is 41.4 Å². The van der Waals surface area contributed by atoms with Gasteiger partial charge < -0.3 is 4.74 Å². The summed E-state index contributed by atoms with van der Waals surface area (Å²) in [5.41, 5.74) is 1.41. The van der Waals surface area contributed by atoms with Crippen LogP contribution in [0.4, 0.5) is 4.39 Å². The summed E-state index contributed by atoms with van der Waals surface area (Å²) in [4.78, 5) is 11.3. The number of carbonyl (C=O) groups excluding carboxylic acids is 1. The van der Waals surface area contributed by atoms with Crippen molar-refractivity contribution < 1.29 is 13.9 Å². The first-order chi connectivity index (χ1) is 8.16. The third kappa shape index (κ3) is 2.91. The lowest BCUT2D eigenvalue weighted by atomic mass is 10.1. The summed E-state index contributed by atoms with van der Waals surface area (Å²) in [6.45, 7) is 1.78. The monoisotopic (exact) mass is 250 g/mol. The van der Waals surface area contributed by atoms with Gasteiger partial charge in [0.1, 0.15) is 18.2 Å². The Morgan fingerprint density at radius 2 is 2.24 bits per heavy atom. The number of Topliss-reactive ketones (excluding diaryl/α,β-unsaturated/α-hetero) is 1. The number of rotatable bonds is 4. The van der Waals surface area contributed by atoms with Crippen LogP contribution in [-0.4, -0.2) is 5.78 Å². The predicted octanol–water partition coefficient (Wildman–Crippen LogP) is 3.67. The van der Waals surface area contributed by atoms with E-state index in [1.165, 1.54) is 25.1 Å². The molecule has 0 unspecified atom stereocenters. The molecule has 2 rings (SSSR count). The fourth-order valence-electron chi connectivity index (χ4n) is 1.44. The Labute approximate surface area is 103 Å². The van der Waals surface area contributed by atoms with E-state index in [4.69, 9.17) is 4.74 Å². The van der Waals surface area contributed by atoms with E-state index in [9.17, 15) is 9.18 Å². The van der Waals surface area contributed by atoms with Gasteiger partial charge in [-0.3, -0.25) is 4.79 Å². The molecule has 88 valence electrons. The number of carbonyl (C=O) groups is 1. The lowest BCUT2D eigenvalue weighted by Gasteiger charge is -2.08. The van der Waals surface area contributed by atoms with Gasteiger partial charge >= 0.3 is 0 Å². The molecule has 0 bridgehead atoms. The summed E-state index contributed by atoms with van der Waals surface area (Å²) in [6.07, 6.45) is 0. The molecule has 1 aromatic heterocycles. The molecule has 0 saturated carbocycles. The van der Waals surface area contributed by atoms with Crippen LogP contribution in [0.25, 0.3) is 0 Å². The first-order valence-corrected chi connectivity index (χ1v) is 6.05. The van der Waals surface area contributed by atoms with Gasteiger partial charge in [-0.2, -0.15) is 11.3 Å². The lowest BCUT2D eigenvalue weighted by molar-refractivity contribution is 0.101. The van der Waals surface area contributed by atoms with Crippen molar-refractivity contribution in [1.82, 2.24) is 0 Å². The van der Waals surface area contributed by atoms with E-state index in [2.05, 4.69) is 0 Å². The highest BCUT2D eigenvalue weighted by molar-refractivity contribution is 7.07. The van der Waals surface area contributed by atoms with Crippen LogP contribution in [0, 0.1) is 5.82 Å². The minimum absolute atomic E-state index is 0.134. The number of thiophene rings is 1. The van der Waals surface area contributed by atoms with Crippen LogP contribution < -0.4 is 4.74 Å². The average molecular weight is 250 g/mol. The maximum absolute atomic E-state index is 13.1. The van der Waals surface area contributed by atoms with Gasteiger partial charge in [-0.25, -0.2) is 4.39 Å². The molecule has 0 aliphatic heterocycles. The molecule has 4 heteroatoms. The minimum Gasteiger partial charge on any atom is -0.488 e. The van der Waals surface area contributed by atoms with E-state index in [-0.39, 0.29) is 5.78 Å². The maximum atomic E-state index is 13.1. The van der Waals surface area contributed by atoms with Crippen molar-refractivity contribution in [2.24, 2.45) is 0 Å². The molecule has 1 heterocycles. The summed E-state index contributed by atoms with van der Waals surface area (Å²) in [6, 6.07) is 5.87. The summed E-state index contributed by atoms with van der Waals surface area (Å²) in [5, 5.41) is 3.89. The molecule has 17 heavy (non-hydrogen) atoms. The lowest BCUT2D eigenvalue weighted by Crippen LogP contribution is -2.01. The first kappa shape index (κ1) is 11.8. The normalized spacial score (nSPS) is 10.2. The van der Waals surface area contributed by atoms with E-state index in [1.807, 2.05) is 16.8 Å². The van der Waals surface area contributed by atoms with Crippen molar-refractivity contribution in [2.75, 3.05) is 0 Å². The van der Waals surface area contributed by atoms with E-state index < -0.39 is 5.82 Å². The van der Waals surface area contributed by atoms with Gasteiger partial charge in [0, 0.05) is 6.07 Å². The summed E-state index contributed by atoms with van der Waals surface area (Å²) < 4.78 is 18.6. The quantitative estimate of drug-likeness (QED) is 0.774. The molecular weight excluding hydrogens is 239 g/mol. The molecule has 0 saturated heterocycles. The number of halogens is 1. The average Bonchev–Trinajstić information content (AvgIpc) is 2.78. The Bertz CT molecular complexity index is 520. The van der Waals surface area contributed by atoms with E-state index in [0.29, 0.717) is 17.9 Å². The molecule has 0 aliphatic rings. The van der Waals surface area contributed by atoms with Crippen LogP contribution in [0.1, 0.15) is 22.8 Å². The zero-order chi connectivity index (χ0) is 12.3. The number of hydrogen-bond acceptors (Lipinski definition) is 3. The summed E-state index contributed by atoms with van der Waals surface area (Å²) >= 11 is 1.57. The topological polar surface area (TPSA) is 26.3 Å². The summed E-state index contributed by atoms with van der Waals surface area (Å²) in [5.74, 6) is -0.246. The Morgan fingerprint density at radius 1 is 1.41 bits per heavy atom. The highest BCUT2D eigenvalue weighted by Crippen LogP contribution is 2.22. The Morgan fingerprint density at radius 3 is 2.88 bits per heavy atom. The maximum Gasteiger partial charge on any atom is 0.163 e. The van der Waals surface area contributed by atoms with E-state index >= 15 is 0 Å². The number of benzene rings is 1. The van der Waals surface area contributed by atoms with Crippen LogP contribution in [0.15, 0.2) is 35.0 Å². The van der Waals surface area contributed by atoms with Crippen molar-refractivity contribution in [2.45, 2.75) is 13.5 Å². The van der Waals surface area contributed by atoms with Gasteiger partial charge in [0.2, 0.25) is 0 Å². The smallest absolute Gasteiger partial charge is 0.163 e. The van der Waals surface area contributed by atoms with Crippen molar-refractivity contribution in [1.29, 1.82) is 0 Å². The van der Waals surface area contributed by atoms with E-state index in [0.717, 1.165) is 5.56 Å². The van der Waals surface area contributed by atoms with Crippen LogP contribution in [0.2, 0.25) is 0 Å². The van der Waals surface area contributed by atoms with Crippen LogP contribution in [-0.2, 0) is 6.61 Å². The van der Waals surface area contributed by atoms with Gasteiger partial charge in [0.05, 0.1) is 5.56 Å². The predicted molar refractivity (Wildman–Crippen MR) is 65.1 cm³/mol. The van der Waals surface area contributed by atoms with Crippen molar-refractivity contribution in [3.05, 3.63) is 52.0 Å². The standard InChI is InChI=1S/C13H11FO2S/c1-9(15)12-3-2-11(14)6-13(12)16-7-10-4-5-17-8-10/h2-6,8H,7H2,1H3. The van der Waals surface area contributed by atoms with Crippen molar-refractivity contribution >= 4 is 17.1 Å². The zero-order valence-corrected chi connectivity index (χ0v) is 10.1. The molecule has 2 aromatic rings. The molecule has 0 amide bonds.